The van der Waals surface area contributed by atoms with Gasteiger partial charge < -0.3 is 4.74 Å². The van der Waals surface area contributed by atoms with Crippen LogP contribution < -0.4 is 0 Å². The number of carbonyl (C=O) groups is 1. The molecule has 0 amide bonds. The first-order valence-corrected chi connectivity index (χ1v) is 5.99. The molecule has 1 atom stereocenters. The van der Waals surface area contributed by atoms with E-state index in [1.165, 1.54) is 11.1 Å². The lowest BCUT2D eigenvalue weighted by atomic mass is 9.83. The Hall–Kier alpha value is -1.75. The van der Waals surface area contributed by atoms with Crippen LogP contribution in [0, 0.1) is 18.3 Å². The van der Waals surface area contributed by atoms with Crippen molar-refractivity contribution in [1.82, 2.24) is 0 Å². The van der Waals surface area contributed by atoms with E-state index in [0.29, 0.717) is 6.61 Å². The number of terminal acetylenes is 1. The van der Waals surface area contributed by atoms with Gasteiger partial charge in [-0.05, 0) is 49.4 Å². The van der Waals surface area contributed by atoms with Gasteiger partial charge in [-0.1, -0.05) is 12.0 Å². The standard InChI is InChI=1S/C15H16O2/c1-3-11-5-6-13-10-14(15(16)17-4-2)8-7-12(13)9-11/h1,5-6,9,14H,4,7-8,10H2,2H3. The van der Waals surface area contributed by atoms with Gasteiger partial charge in [0.25, 0.3) is 0 Å². The Bertz CT molecular complexity index is 468. The van der Waals surface area contributed by atoms with Gasteiger partial charge in [-0.3, -0.25) is 4.79 Å². The predicted molar refractivity (Wildman–Crippen MR) is 66.5 cm³/mol. The lowest BCUT2D eigenvalue weighted by Crippen LogP contribution is -2.24. The zero-order valence-corrected chi connectivity index (χ0v) is 10.0. The molecule has 1 aliphatic carbocycles. The van der Waals surface area contributed by atoms with E-state index < -0.39 is 0 Å². The van der Waals surface area contributed by atoms with Crippen LogP contribution in [0.1, 0.15) is 30.0 Å². The number of carbonyl (C=O) groups excluding carboxylic acids is 1. The Morgan fingerprint density at radius 2 is 2.35 bits per heavy atom. The summed E-state index contributed by atoms with van der Waals surface area (Å²) in [5, 5.41) is 0. The fourth-order valence-electron chi connectivity index (χ4n) is 2.31. The summed E-state index contributed by atoms with van der Waals surface area (Å²) >= 11 is 0. The third-order valence-corrected chi connectivity index (χ3v) is 3.22. The Morgan fingerprint density at radius 1 is 1.53 bits per heavy atom. The van der Waals surface area contributed by atoms with E-state index in [-0.39, 0.29) is 11.9 Å². The lowest BCUT2D eigenvalue weighted by molar-refractivity contribution is -0.148. The van der Waals surface area contributed by atoms with Crippen LogP contribution in [0.3, 0.4) is 0 Å². The molecule has 2 nitrogen and oxygen atoms in total. The second-order valence-corrected chi connectivity index (χ2v) is 4.32. The van der Waals surface area contributed by atoms with Gasteiger partial charge in [0.1, 0.15) is 0 Å². The van der Waals surface area contributed by atoms with Crippen LogP contribution >= 0.6 is 0 Å². The van der Waals surface area contributed by atoms with Crippen molar-refractivity contribution in [2.75, 3.05) is 6.61 Å². The summed E-state index contributed by atoms with van der Waals surface area (Å²) in [4.78, 5) is 11.7. The number of fused-ring (bicyclic) bond motifs is 1. The number of rotatable bonds is 2. The van der Waals surface area contributed by atoms with Crippen molar-refractivity contribution in [1.29, 1.82) is 0 Å². The third kappa shape index (κ3) is 2.50. The Morgan fingerprint density at radius 3 is 3.06 bits per heavy atom. The Labute approximate surface area is 102 Å². The second-order valence-electron chi connectivity index (χ2n) is 4.32. The molecule has 1 aromatic carbocycles. The highest BCUT2D eigenvalue weighted by atomic mass is 16.5. The van der Waals surface area contributed by atoms with E-state index in [1.807, 2.05) is 19.1 Å². The molecule has 0 saturated carbocycles. The van der Waals surface area contributed by atoms with E-state index in [9.17, 15) is 4.79 Å². The van der Waals surface area contributed by atoms with Gasteiger partial charge in [-0.2, -0.15) is 0 Å². The number of aryl methyl sites for hydroxylation is 1. The molecule has 1 unspecified atom stereocenters. The molecule has 17 heavy (non-hydrogen) atoms. The van der Waals surface area contributed by atoms with Crippen molar-refractivity contribution in [2.45, 2.75) is 26.2 Å². The maximum atomic E-state index is 11.7. The highest BCUT2D eigenvalue weighted by Crippen LogP contribution is 2.27. The van der Waals surface area contributed by atoms with Crippen molar-refractivity contribution < 1.29 is 9.53 Å². The van der Waals surface area contributed by atoms with Crippen LogP contribution in [0.25, 0.3) is 0 Å². The average molecular weight is 228 g/mol. The van der Waals surface area contributed by atoms with Gasteiger partial charge in [0.2, 0.25) is 0 Å². The molecule has 2 rings (SSSR count). The maximum absolute atomic E-state index is 11.7. The van der Waals surface area contributed by atoms with Crippen molar-refractivity contribution in [3.63, 3.8) is 0 Å². The lowest BCUT2D eigenvalue weighted by Gasteiger charge is -2.23. The number of ether oxygens (including phenoxy) is 1. The molecule has 2 heteroatoms. The first kappa shape index (κ1) is 11.7. The van der Waals surface area contributed by atoms with Crippen molar-refractivity contribution in [3.8, 4) is 12.3 Å². The number of hydrogen-bond acceptors (Lipinski definition) is 2. The molecule has 1 aromatic rings. The minimum atomic E-state index is -0.0702. The monoisotopic (exact) mass is 228 g/mol. The SMILES string of the molecule is C#Cc1ccc2c(c1)CCC(C(=O)OCC)C2. The summed E-state index contributed by atoms with van der Waals surface area (Å²) in [5.41, 5.74) is 3.42. The van der Waals surface area contributed by atoms with Gasteiger partial charge in [-0.25, -0.2) is 0 Å². The second kappa shape index (κ2) is 5.05. The van der Waals surface area contributed by atoms with E-state index in [2.05, 4.69) is 12.0 Å². The molecule has 1 aliphatic rings. The molecular weight excluding hydrogens is 212 g/mol. The quantitative estimate of drug-likeness (QED) is 0.573. The van der Waals surface area contributed by atoms with Crippen LogP contribution in [0.4, 0.5) is 0 Å². The van der Waals surface area contributed by atoms with Gasteiger partial charge in [0.05, 0.1) is 12.5 Å². The molecule has 0 bridgehead atoms. The topological polar surface area (TPSA) is 26.3 Å². The maximum Gasteiger partial charge on any atom is 0.309 e. The molecule has 0 radical (unpaired) electrons. The van der Waals surface area contributed by atoms with Crippen LogP contribution in [-0.4, -0.2) is 12.6 Å². The van der Waals surface area contributed by atoms with E-state index in [0.717, 1.165) is 24.8 Å². The number of esters is 1. The zero-order valence-electron chi connectivity index (χ0n) is 10.0. The van der Waals surface area contributed by atoms with Crippen LogP contribution in [0.2, 0.25) is 0 Å². The normalized spacial score (nSPS) is 18.0. The largest absolute Gasteiger partial charge is 0.466 e. The molecule has 0 N–H and O–H groups in total. The zero-order chi connectivity index (χ0) is 12.3. The predicted octanol–water partition coefficient (Wildman–Crippen LogP) is 2.34. The number of benzene rings is 1. The summed E-state index contributed by atoms with van der Waals surface area (Å²) in [7, 11) is 0. The smallest absolute Gasteiger partial charge is 0.309 e. The number of hydrogen-bond donors (Lipinski definition) is 0. The highest BCUT2D eigenvalue weighted by molar-refractivity contribution is 5.73. The van der Waals surface area contributed by atoms with Gasteiger partial charge in [0.15, 0.2) is 0 Å². The molecule has 0 aromatic heterocycles. The van der Waals surface area contributed by atoms with Crippen LogP contribution in [0.5, 0.6) is 0 Å². The molecule has 88 valence electrons. The molecule has 0 saturated heterocycles. The third-order valence-electron chi connectivity index (χ3n) is 3.22. The van der Waals surface area contributed by atoms with Crippen molar-refractivity contribution >= 4 is 5.97 Å². The Balaban J connectivity index is 2.15. The van der Waals surface area contributed by atoms with Crippen molar-refractivity contribution in [3.05, 3.63) is 34.9 Å². The minimum Gasteiger partial charge on any atom is -0.466 e. The first-order chi connectivity index (χ1) is 8.24. The van der Waals surface area contributed by atoms with Crippen LogP contribution in [0.15, 0.2) is 18.2 Å². The van der Waals surface area contributed by atoms with E-state index in [1.54, 1.807) is 0 Å². The fourth-order valence-corrected chi connectivity index (χ4v) is 2.31. The van der Waals surface area contributed by atoms with Gasteiger partial charge >= 0.3 is 5.97 Å². The van der Waals surface area contributed by atoms with Crippen molar-refractivity contribution in [2.24, 2.45) is 5.92 Å². The molecule has 0 heterocycles. The summed E-state index contributed by atoms with van der Waals surface area (Å²) in [6.07, 6.45) is 7.92. The molecule has 0 fully saturated rings. The minimum absolute atomic E-state index is 0.0131. The summed E-state index contributed by atoms with van der Waals surface area (Å²) in [5.74, 6) is 2.58. The summed E-state index contributed by atoms with van der Waals surface area (Å²) in [6.45, 7) is 2.30. The molecule has 0 spiro atoms. The highest BCUT2D eigenvalue weighted by Gasteiger charge is 2.25. The summed E-state index contributed by atoms with van der Waals surface area (Å²) in [6, 6.07) is 6.03. The van der Waals surface area contributed by atoms with Crippen LogP contribution in [-0.2, 0) is 22.4 Å². The van der Waals surface area contributed by atoms with Gasteiger partial charge in [-0.15, -0.1) is 6.42 Å². The van der Waals surface area contributed by atoms with E-state index in [4.69, 9.17) is 11.2 Å². The first-order valence-electron chi connectivity index (χ1n) is 5.99. The molecular formula is C15H16O2. The Kier molecular flexibility index (Phi) is 3.49. The summed E-state index contributed by atoms with van der Waals surface area (Å²) < 4.78 is 5.07. The fraction of sp³-hybridized carbons (Fsp3) is 0.400. The average Bonchev–Trinajstić information content (AvgIpc) is 2.37. The van der Waals surface area contributed by atoms with Gasteiger partial charge in [0, 0.05) is 5.56 Å². The van der Waals surface area contributed by atoms with E-state index >= 15 is 0 Å². The molecule has 0 aliphatic heterocycles.